The SMILES string of the molecule is CC1CN(c2ccc(Cl)cc2)CC(C)N1S(=O)(=O)[C@@H]1c2ccccc2C[C@@H]1C(=O)O. The zero-order valence-corrected chi connectivity index (χ0v) is 18.5. The van der Waals surface area contributed by atoms with Gasteiger partial charge in [0.15, 0.2) is 0 Å². The predicted molar refractivity (Wildman–Crippen MR) is 117 cm³/mol. The third-order valence-electron chi connectivity index (χ3n) is 6.13. The molecule has 160 valence electrons. The van der Waals surface area contributed by atoms with Crippen molar-refractivity contribution >= 4 is 33.3 Å². The molecular weight excluding hydrogens is 424 g/mol. The van der Waals surface area contributed by atoms with Crippen LogP contribution in [0, 0.1) is 5.92 Å². The standard InChI is InChI=1S/C22H25ClN2O4S/c1-14-12-24(18-9-7-17(23)8-10-18)13-15(2)25(14)30(28,29)21-19-6-4-3-5-16(19)11-20(21)22(26)27/h3-10,14-15,20-21H,11-13H2,1-2H3,(H,26,27)/t14?,15?,20-,21+/m0/s1. The minimum atomic E-state index is -3.88. The van der Waals surface area contributed by atoms with Crippen molar-refractivity contribution in [1.29, 1.82) is 0 Å². The molecule has 1 N–H and O–H groups in total. The number of piperazine rings is 1. The normalized spacial score (nSPS) is 27.1. The summed E-state index contributed by atoms with van der Waals surface area (Å²) in [5, 5.41) is 9.36. The Morgan fingerprint density at radius 1 is 1.03 bits per heavy atom. The van der Waals surface area contributed by atoms with Gasteiger partial charge in [-0.15, -0.1) is 0 Å². The molecule has 1 aliphatic heterocycles. The van der Waals surface area contributed by atoms with Crippen molar-refractivity contribution in [3.05, 3.63) is 64.7 Å². The van der Waals surface area contributed by atoms with Crippen LogP contribution in [0.5, 0.6) is 0 Å². The molecule has 2 aromatic carbocycles. The maximum absolute atomic E-state index is 13.8. The van der Waals surface area contributed by atoms with Crippen molar-refractivity contribution in [2.75, 3.05) is 18.0 Å². The maximum Gasteiger partial charge on any atom is 0.308 e. The minimum absolute atomic E-state index is 0.239. The molecule has 0 radical (unpaired) electrons. The highest BCUT2D eigenvalue weighted by Crippen LogP contribution is 2.44. The highest BCUT2D eigenvalue weighted by atomic mass is 35.5. The van der Waals surface area contributed by atoms with Gasteiger partial charge in [0, 0.05) is 35.9 Å². The van der Waals surface area contributed by atoms with E-state index in [-0.39, 0.29) is 18.5 Å². The minimum Gasteiger partial charge on any atom is -0.481 e. The Morgan fingerprint density at radius 3 is 2.23 bits per heavy atom. The van der Waals surface area contributed by atoms with E-state index in [0.29, 0.717) is 23.7 Å². The average Bonchev–Trinajstić information content (AvgIpc) is 3.08. The molecule has 1 saturated heterocycles. The van der Waals surface area contributed by atoms with E-state index in [2.05, 4.69) is 4.90 Å². The first-order valence-electron chi connectivity index (χ1n) is 10.0. The second kappa shape index (κ2) is 7.87. The molecule has 1 heterocycles. The molecule has 1 fully saturated rings. The molecule has 8 heteroatoms. The number of sulfonamides is 1. The highest BCUT2D eigenvalue weighted by molar-refractivity contribution is 7.89. The van der Waals surface area contributed by atoms with Gasteiger partial charge in [0.1, 0.15) is 5.25 Å². The van der Waals surface area contributed by atoms with Gasteiger partial charge < -0.3 is 10.0 Å². The van der Waals surface area contributed by atoms with Gasteiger partial charge in [-0.05, 0) is 55.7 Å². The number of anilines is 1. The summed E-state index contributed by atoms with van der Waals surface area (Å²) in [6, 6.07) is 14.1. The maximum atomic E-state index is 13.8. The van der Waals surface area contributed by atoms with E-state index < -0.39 is 27.2 Å². The van der Waals surface area contributed by atoms with Gasteiger partial charge in [0.05, 0.1) is 5.92 Å². The molecule has 0 amide bonds. The summed E-state index contributed by atoms with van der Waals surface area (Å²) in [6.45, 7) is 4.81. The zero-order chi connectivity index (χ0) is 21.6. The monoisotopic (exact) mass is 448 g/mol. The number of benzene rings is 2. The lowest BCUT2D eigenvalue weighted by molar-refractivity contribution is -0.141. The first-order valence-corrected chi connectivity index (χ1v) is 11.9. The van der Waals surface area contributed by atoms with Gasteiger partial charge in [-0.2, -0.15) is 4.31 Å². The molecule has 4 rings (SSSR count). The van der Waals surface area contributed by atoms with Crippen molar-refractivity contribution in [2.45, 2.75) is 37.6 Å². The largest absolute Gasteiger partial charge is 0.481 e. The van der Waals surface area contributed by atoms with E-state index in [1.807, 2.05) is 50.2 Å². The van der Waals surface area contributed by atoms with Crippen LogP contribution in [0.15, 0.2) is 48.5 Å². The number of nitrogens with zero attached hydrogens (tertiary/aromatic N) is 2. The van der Waals surface area contributed by atoms with E-state index >= 15 is 0 Å². The van der Waals surface area contributed by atoms with Gasteiger partial charge in [-0.3, -0.25) is 4.79 Å². The number of carbonyl (C=O) groups is 1. The van der Waals surface area contributed by atoms with Crippen LogP contribution >= 0.6 is 11.6 Å². The molecule has 30 heavy (non-hydrogen) atoms. The summed E-state index contributed by atoms with van der Waals surface area (Å²) in [6.07, 6.45) is 0.239. The Hall–Kier alpha value is -2.09. The summed E-state index contributed by atoms with van der Waals surface area (Å²) in [7, 11) is -3.88. The van der Waals surface area contributed by atoms with Crippen LogP contribution < -0.4 is 4.90 Å². The first-order chi connectivity index (χ1) is 14.2. The van der Waals surface area contributed by atoms with E-state index in [1.165, 1.54) is 4.31 Å². The van der Waals surface area contributed by atoms with Crippen LogP contribution in [0.3, 0.4) is 0 Å². The van der Waals surface area contributed by atoms with Gasteiger partial charge >= 0.3 is 5.97 Å². The van der Waals surface area contributed by atoms with E-state index in [0.717, 1.165) is 11.3 Å². The Bertz CT molecular complexity index is 1050. The highest BCUT2D eigenvalue weighted by Gasteiger charge is 2.50. The van der Waals surface area contributed by atoms with Gasteiger partial charge in [-0.25, -0.2) is 8.42 Å². The molecule has 6 nitrogen and oxygen atoms in total. The van der Waals surface area contributed by atoms with Crippen molar-refractivity contribution in [3.8, 4) is 0 Å². The quantitative estimate of drug-likeness (QED) is 0.773. The smallest absolute Gasteiger partial charge is 0.308 e. The molecule has 4 atom stereocenters. The molecule has 0 spiro atoms. The van der Waals surface area contributed by atoms with Crippen LogP contribution in [-0.2, 0) is 21.2 Å². The fourth-order valence-electron chi connectivity index (χ4n) is 4.95. The molecule has 0 bridgehead atoms. The Balaban J connectivity index is 1.66. The summed E-state index contributed by atoms with van der Waals surface area (Å²) in [5.74, 6) is -2.04. The van der Waals surface area contributed by atoms with Crippen molar-refractivity contribution in [2.24, 2.45) is 5.92 Å². The molecule has 2 aliphatic rings. The van der Waals surface area contributed by atoms with E-state index in [1.54, 1.807) is 12.1 Å². The van der Waals surface area contributed by atoms with E-state index in [9.17, 15) is 18.3 Å². The van der Waals surface area contributed by atoms with Crippen molar-refractivity contribution in [1.82, 2.24) is 4.31 Å². The lowest BCUT2D eigenvalue weighted by Gasteiger charge is -2.45. The number of halogens is 1. The van der Waals surface area contributed by atoms with E-state index in [4.69, 9.17) is 11.6 Å². The fourth-order valence-corrected chi connectivity index (χ4v) is 7.65. The lowest BCUT2D eigenvalue weighted by Crippen LogP contribution is -2.59. The van der Waals surface area contributed by atoms with Crippen LogP contribution in [0.25, 0.3) is 0 Å². The average molecular weight is 449 g/mol. The Morgan fingerprint density at radius 2 is 1.63 bits per heavy atom. The number of aliphatic carboxylic acids is 1. The topological polar surface area (TPSA) is 77.9 Å². The van der Waals surface area contributed by atoms with Crippen LogP contribution in [0.4, 0.5) is 5.69 Å². The van der Waals surface area contributed by atoms with Gasteiger partial charge in [0.2, 0.25) is 10.0 Å². The molecule has 1 aliphatic carbocycles. The Labute approximate surface area is 182 Å². The molecular formula is C22H25ClN2O4S. The molecule has 2 unspecified atom stereocenters. The number of hydrogen-bond acceptors (Lipinski definition) is 4. The summed E-state index contributed by atoms with van der Waals surface area (Å²) in [5.41, 5.74) is 2.41. The number of carboxylic acid groups (broad SMARTS) is 1. The number of rotatable bonds is 4. The first kappa shape index (κ1) is 21.2. The molecule has 0 aromatic heterocycles. The second-order valence-electron chi connectivity index (χ2n) is 8.22. The van der Waals surface area contributed by atoms with Crippen molar-refractivity contribution in [3.63, 3.8) is 0 Å². The summed E-state index contributed by atoms with van der Waals surface area (Å²) in [4.78, 5) is 14.1. The lowest BCUT2D eigenvalue weighted by atomic mass is 10.1. The number of carboxylic acids is 1. The van der Waals surface area contributed by atoms with Crippen LogP contribution in [0.2, 0.25) is 5.02 Å². The second-order valence-corrected chi connectivity index (χ2v) is 10.6. The zero-order valence-electron chi connectivity index (χ0n) is 16.9. The number of fused-ring (bicyclic) bond motifs is 1. The summed E-state index contributed by atoms with van der Waals surface area (Å²) >= 11 is 5.99. The van der Waals surface area contributed by atoms with Gasteiger partial charge in [-0.1, -0.05) is 35.9 Å². The third kappa shape index (κ3) is 3.59. The van der Waals surface area contributed by atoms with Crippen molar-refractivity contribution < 1.29 is 18.3 Å². The molecule has 0 saturated carbocycles. The summed E-state index contributed by atoms with van der Waals surface area (Å²) < 4.78 is 29.1. The predicted octanol–water partition coefficient (Wildman–Crippen LogP) is 3.57. The Kier molecular flexibility index (Phi) is 5.55. The molecule has 2 aromatic rings. The van der Waals surface area contributed by atoms with Gasteiger partial charge in [0.25, 0.3) is 0 Å². The third-order valence-corrected chi connectivity index (χ3v) is 8.91. The number of hydrogen-bond donors (Lipinski definition) is 1. The fraction of sp³-hybridized carbons (Fsp3) is 0.409. The van der Waals surface area contributed by atoms with Crippen LogP contribution in [0.1, 0.15) is 30.2 Å². The van der Waals surface area contributed by atoms with Crippen LogP contribution in [-0.4, -0.2) is 49.0 Å².